The van der Waals surface area contributed by atoms with E-state index >= 15 is 0 Å². The van der Waals surface area contributed by atoms with Crippen LogP contribution in [-0.4, -0.2) is 24.7 Å². The maximum absolute atomic E-state index is 12.4. The molecular formula is C15H12BrN5O3. The summed E-state index contributed by atoms with van der Waals surface area (Å²) in [7, 11) is 0. The molecule has 122 valence electrons. The van der Waals surface area contributed by atoms with Crippen LogP contribution in [0.15, 0.2) is 51.7 Å². The van der Waals surface area contributed by atoms with Crippen LogP contribution >= 0.6 is 15.9 Å². The lowest BCUT2D eigenvalue weighted by Crippen LogP contribution is -2.24. The van der Waals surface area contributed by atoms with Gasteiger partial charge in [-0.1, -0.05) is 22.0 Å². The van der Waals surface area contributed by atoms with Gasteiger partial charge >= 0.3 is 5.69 Å². The first-order valence-electron chi connectivity index (χ1n) is 6.98. The minimum absolute atomic E-state index is 0.0459. The maximum atomic E-state index is 12.4. The smallest absolute Gasteiger partial charge is 0.258 e. The van der Waals surface area contributed by atoms with Crippen molar-refractivity contribution in [3.05, 3.63) is 78.7 Å². The molecule has 0 fully saturated rings. The van der Waals surface area contributed by atoms with E-state index in [1.54, 1.807) is 43.3 Å². The van der Waals surface area contributed by atoms with Crippen molar-refractivity contribution in [2.75, 3.05) is 0 Å². The van der Waals surface area contributed by atoms with E-state index in [0.29, 0.717) is 11.3 Å². The van der Waals surface area contributed by atoms with Gasteiger partial charge in [0.2, 0.25) is 0 Å². The van der Waals surface area contributed by atoms with Gasteiger partial charge in [0.25, 0.3) is 5.69 Å². The fourth-order valence-corrected chi connectivity index (χ4v) is 2.58. The van der Waals surface area contributed by atoms with Crippen molar-refractivity contribution >= 4 is 21.6 Å². The molecular weight excluding hydrogens is 378 g/mol. The molecule has 0 N–H and O–H groups in total. The number of nitrogens with zero attached hydrogens (tertiary/aromatic N) is 5. The Morgan fingerprint density at radius 2 is 1.88 bits per heavy atom. The number of rotatable bonds is 4. The van der Waals surface area contributed by atoms with E-state index in [1.165, 1.54) is 15.4 Å². The SMILES string of the molecule is Cc1cc(Cn2nnn(-c3ccc(Br)cc3)c2=O)ccc1[N+](=O)[O-]. The Balaban J connectivity index is 1.89. The molecule has 1 aromatic heterocycles. The number of hydrogen-bond donors (Lipinski definition) is 0. The van der Waals surface area contributed by atoms with Crippen LogP contribution in [-0.2, 0) is 6.54 Å². The summed E-state index contributed by atoms with van der Waals surface area (Å²) in [5.41, 5.74) is 1.54. The molecule has 0 atom stereocenters. The second-order valence-corrected chi connectivity index (χ2v) is 6.10. The number of tetrazole rings is 1. The van der Waals surface area contributed by atoms with Gasteiger partial charge in [-0.2, -0.15) is 9.36 Å². The zero-order valence-corrected chi connectivity index (χ0v) is 14.2. The first kappa shape index (κ1) is 16.1. The molecule has 0 bridgehead atoms. The standard InChI is InChI=1S/C15H12BrN5O3/c1-10-8-11(2-7-14(10)21(23)24)9-19-15(22)20(18-17-19)13-5-3-12(16)4-6-13/h2-8H,9H2,1H3. The van der Waals surface area contributed by atoms with E-state index in [4.69, 9.17) is 0 Å². The van der Waals surface area contributed by atoms with E-state index in [-0.39, 0.29) is 17.9 Å². The van der Waals surface area contributed by atoms with Crippen molar-refractivity contribution < 1.29 is 4.92 Å². The normalized spacial score (nSPS) is 10.8. The lowest BCUT2D eigenvalue weighted by molar-refractivity contribution is -0.385. The lowest BCUT2D eigenvalue weighted by Gasteiger charge is -2.02. The fraction of sp³-hybridized carbons (Fsp3) is 0.133. The molecule has 0 aliphatic carbocycles. The summed E-state index contributed by atoms with van der Waals surface area (Å²) in [5.74, 6) is 0. The summed E-state index contributed by atoms with van der Waals surface area (Å²) >= 11 is 3.33. The summed E-state index contributed by atoms with van der Waals surface area (Å²) in [6.07, 6.45) is 0. The molecule has 8 nitrogen and oxygen atoms in total. The molecule has 0 spiro atoms. The molecule has 24 heavy (non-hydrogen) atoms. The molecule has 9 heteroatoms. The van der Waals surface area contributed by atoms with Crippen molar-refractivity contribution in [3.8, 4) is 5.69 Å². The Hall–Kier alpha value is -2.81. The first-order valence-corrected chi connectivity index (χ1v) is 7.77. The van der Waals surface area contributed by atoms with Crippen LogP contribution in [0.5, 0.6) is 0 Å². The third kappa shape index (κ3) is 3.11. The summed E-state index contributed by atoms with van der Waals surface area (Å²) < 4.78 is 3.31. The fourth-order valence-electron chi connectivity index (χ4n) is 2.31. The average Bonchev–Trinajstić information content (AvgIpc) is 2.89. The Bertz CT molecular complexity index is 962. The predicted molar refractivity (Wildman–Crippen MR) is 90.3 cm³/mol. The van der Waals surface area contributed by atoms with E-state index in [9.17, 15) is 14.9 Å². The van der Waals surface area contributed by atoms with Gasteiger partial charge in [-0.25, -0.2) is 4.79 Å². The molecule has 3 rings (SSSR count). The maximum Gasteiger partial charge on any atom is 0.368 e. The van der Waals surface area contributed by atoms with Gasteiger partial charge in [0.05, 0.1) is 17.2 Å². The van der Waals surface area contributed by atoms with E-state index in [1.807, 2.05) is 0 Å². The summed E-state index contributed by atoms with van der Waals surface area (Å²) in [6, 6.07) is 11.8. The van der Waals surface area contributed by atoms with Crippen LogP contribution in [0.4, 0.5) is 5.69 Å². The molecule has 2 aromatic carbocycles. The molecule has 0 aliphatic heterocycles. The monoisotopic (exact) mass is 389 g/mol. The predicted octanol–water partition coefficient (Wildman–Crippen LogP) is 2.46. The zero-order chi connectivity index (χ0) is 17.3. The number of aryl methyl sites for hydroxylation is 1. The Kier molecular flexibility index (Phi) is 4.26. The molecule has 1 heterocycles. The van der Waals surface area contributed by atoms with E-state index in [2.05, 4.69) is 26.4 Å². The molecule has 0 saturated heterocycles. The third-order valence-corrected chi connectivity index (χ3v) is 4.03. The van der Waals surface area contributed by atoms with Gasteiger partial charge in [0.1, 0.15) is 0 Å². The Morgan fingerprint density at radius 3 is 2.50 bits per heavy atom. The molecule has 0 radical (unpaired) electrons. The molecule has 3 aromatic rings. The van der Waals surface area contributed by atoms with Crippen LogP contribution in [0.25, 0.3) is 5.69 Å². The van der Waals surface area contributed by atoms with Gasteiger partial charge in [0, 0.05) is 16.1 Å². The molecule has 0 unspecified atom stereocenters. The van der Waals surface area contributed by atoms with Crippen LogP contribution in [0.1, 0.15) is 11.1 Å². The second-order valence-electron chi connectivity index (χ2n) is 5.19. The number of hydrogen-bond acceptors (Lipinski definition) is 5. The highest BCUT2D eigenvalue weighted by atomic mass is 79.9. The van der Waals surface area contributed by atoms with Gasteiger partial charge in [-0.15, -0.1) is 0 Å². The van der Waals surface area contributed by atoms with Crippen LogP contribution in [0.3, 0.4) is 0 Å². The number of nitro groups is 1. The molecule has 0 saturated carbocycles. The number of benzene rings is 2. The van der Waals surface area contributed by atoms with Crippen LogP contribution in [0, 0.1) is 17.0 Å². The Labute approximate surface area is 144 Å². The van der Waals surface area contributed by atoms with Gasteiger partial charge in [0.15, 0.2) is 0 Å². The van der Waals surface area contributed by atoms with Gasteiger partial charge < -0.3 is 0 Å². The van der Waals surface area contributed by atoms with Crippen molar-refractivity contribution in [1.82, 2.24) is 19.8 Å². The van der Waals surface area contributed by atoms with Crippen molar-refractivity contribution in [1.29, 1.82) is 0 Å². The van der Waals surface area contributed by atoms with E-state index in [0.717, 1.165) is 10.0 Å². The highest BCUT2D eigenvalue weighted by Crippen LogP contribution is 2.19. The van der Waals surface area contributed by atoms with Gasteiger partial charge in [-0.3, -0.25) is 10.1 Å². The van der Waals surface area contributed by atoms with Crippen molar-refractivity contribution in [2.24, 2.45) is 0 Å². The zero-order valence-electron chi connectivity index (χ0n) is 12.6. The van der Waals surface area contributed by atoms with Crippen molar-refractivity contribution in [2.45, 2.75) is 13.5 Å². The van der Waals surface area contributed by atoms with Gasteiger partial charge in [-0.05, 0) is 53.2 Å². The summed E-state index contributed by atoms with van der Waals surface area (Å²) in [4.78, 5) is 22.8. The first-order chi connectivity index (χ1) is 11.5. The summed E-state index contributed by atoms with van der Waals surface area (Å²) in [6.45, 7) is 1.84. The molecule has 0 amide bonds. The van der Waals surface area contributed by atoms with Crippen LogP contribution in [0.2, 0.25) is 0 Å². The highest BCUT2D eigenvalue weighted by molar-refractivity contribution is 9.10. The number of nitro benzene ring substituents is 1. The number of halogens is 1. The third-order valence-electron chi connectivity index (χ3n) is 3.50. The average molecular weight is 390 g/mol. The quantitative estimate of drug-likeness (QED) is 0.504. The minimum Gasteiger partial charge on any atom is -0.258 e. The minimum atomic E-state index is -0.435. The molecule has 0 aliphatic rings. The van der Waals surface area contributed by atoms with E-state index < -0.39 is 4.92 Å². The topological polar surface area (TPSA) is 95.8 Å². The Morgan fingerprint density at radius 1 is 1.17 bits per heavy atom. The van der Waals surface area contributed by atoms with Crippen molar-refractivity contribution in [3.63, 3.8) is 0 Å². The largest absolute Gasteiger partial charge is 0.368 e. The lowest BCUT2D eigenvalue weighted by atomic mass is 10.1. The summed E-state index contributed by atoms with van der Waals surface area (Å²) in [5, 5.41) is 18.6. The highest BCUT2D eigenvalue weighted by Gasteiger charge is 2.13. The number of aromatic nitrogens is 4. The second kappa shape index (κ2) is 6.36. The van der Waals surface area contributed by atoms with Crippen LogP contribution < -0.4 is 5.69 Å².